The van der Waals surface area contributed by atoms with Crippen molar-refractivity contribution in [2.24, 2.45) is 5.73 Å². The first kappa shape index (κ1) is 9.03. The third kappa shape index (κ3) is 2.53. The fraction of sp³-hybridized carbons (Fsp3) is 0.333. The van der Waals surface area contributed by atoms with Crippen LogP contribution in [0.25, 0.3) is 6.08 Å². The lowest BCUT2D eigenvalue weighted by atomic mass is 10.4. The molecule has 3 heteroatoms. The smallest absolute Gasteiger partial charge is 0.130 e. The van der Waals surface area contributed by atoms with Crippen molar-refractivity contribution in [3.05, 3.63) is 29.7 Å². The molecule has 0 aliphatic heterocycles. The summed E-state index contributed by atoms with van der Waals surface area (Å²) in [6, 6.07) is 3.78. The van der Waals surface area contributed by atoms with E-state index >= 15 is 0 Å². The van der Waals surface area contributed by atoms with E-state index in [1.54, 1.807) is 7.11 Å². The van der Waals surface area contributed by atoms with Crippen molar-refractivity contribution in [3.63, 3.8) is 0 Å². The highest BCUT2D eigenvalue weighted by atomic mass is 16.5. The van der Waals surface area contributed by atoms with Crippen molar-refractivity contribution >= 4 is 6.08 Å². The summed E-state index contributed by atoms with van der Waals surface area (Å²) in [6.07, 6.45) is 3.69. The Morgan fingerprint density at radius 2 is 2.42 bits per heavy atom. The summed E-state index contributed by atoms with van der Waals surface area (Å²) in [4.78, 5) is 0. The average Bonchev–Trinajstić information content (AvgIpc) is 2.50. The molecule has 0 aromatic carbocycles. The summed E-state index contributed by atoms with van der Waals surface area (Å²) >= 11 is 0. The van der Waals surface area contributed by atoms with Crippen LogP contribution in [-0.2, 0) is 11.3 Å². The van der Waals surface area contributed by atoms with E-state index < -0.39 is 0 Å². The van der Waals surface area contributed by atoms with E-state index in [0.717, 1.165) is 11.5 Å². The second-order valence-electron chi connectivity index (χ2n) is 2.38. The Kier molecular flexibility index (Phi) is 3.57. The second kappa shape index (κ2) is 4.74. The van der Waals surface area contributed by atoms with Crippen molar-refractivity contribution in [1.82, 2.24) is 0 Å². The molecule has 0 unspecified atom stereocenters. The minimum Gasteiger partial charge on any atom is -0.459 e. The highest BCUT2D eigenvalue weighted by molar-refractivity contribution is 5.42. The molecule has 3 nitrogen and oxygen atoms in total. The van der Waals surface area contributed by atoms with E-state index in [1.807, 2.05) is 24.3 Å². The maximum atomic E-state index is 5.36. The number of hydrogen-bond donors (Lipinski definition) is 1. The van der Waals surface area contributed by atoms with Crippen LogP contribution in [0.3, 0.4) is 0 Å². The summed E-state index contributed by atoms with van der Waals surface area (Å²) in [5.41, 5.74) is 5.29. The SMILES string of the molecule is COCc1ccc(/C=C/CN)o1. The van der Waals surface area contributed by atoms with E-state index in [4.69, 9.17) is 14.9 Å². The zero-order chi connectivity index (χ0) is 8.81. The third-order valence-corrected chi connectivity index (χ3v) is 1.39. The van der Waals surface area contributed by atoms with Gasteiger partial charge in [0.05, 0.1) is 0 Å². The van der Waals surface area contributed by atoms with Crippen LogP contribution in [0, 0.1) is 0 Å². The predicted molar refractivity (Wildman–Crippen MR) is 47.5 cm³/mol. The predicted octanol–water partition coefficient (Wildman–Crippen LogP) is 1.40. The molecule has 0 fully saturated rings. The molecule has 0 aliphatic carbocycles. The van der Waals surface area contributed by atoms with Crippen molar-refractivity contribution in [1.29, 1.82) is 0 Å². The normalized spacial score (nSPS) is 11.2. The molecule has 1 aromatic rings. The molecule has 1 rings (SSSR count). The van der Waals surface area contributed by atoms with Crippen molar-refractivity contribution in [2.75, 3.05) is 13.7 Å². The fourth-order valence-electron chi connectivity index (χ4n) is 0.888. The van der Waals surface area contributed by atoms with Gasteiger partial charge in [-0.15, -0.1) is 0 Å². The molecule has 0 saturated heterocycles. The van der Waals surface area contributed by atoms with Crippen molar-refractivity contribution < 1.29 is 9.15 Å². The van der Waals surface area contributed by atoms with Gasteiger partial charge in [-0.2, -0.15) is 0 Å². The largest absolute Gasteiger partial charge is 0.459 e. The molecule has 66 valence electrons. The highest BCUT2D eigenvalue weighted by Crippen LogP contribution is 2.09. The number of methoxy groups -OCH3 is 1. The van der Waals surface area contributed by atoms with E-state index in [1.165, 1.54) is 0 Å². The Morgan fingerprint density at radius 1 is 1.58 bits per heavy atom. The minimum atomic E-state index is 0.510. The monoisotopic (exact) mass is 167 g/mol. The van der Waals surface area contributed by atoms with Gasteiger partial charge in [0.25, 0.3) is 0 Å². The van der Waals surface area contributed by atoms with Crippen LogP contribution in [-0.4, -0.2) is 13.7 Å². The maximum absolute atomic E-state index is 5.36. The molecule has 0 amide bonds. The zero-order valence-corrected chi connectivity index (χ0v) is 7.12. The first-order valence-electron chi connectivity index (χ1n) is 3.81. The quantitative estimate of drug-likeness (QED) is 0.737. The zero-order valence-electron chi connectivity index (χ0n) is 7.12. The minimum absolute atomic E-state index is 0.510. The highest BCUT2D eigenvalue weighted by Gasteiger charge is 1.96. The second-order valence-corrected chi connectivity index (χ2v) is 2.38. The van der Waals surface area contributed by atoms with Gasteiger partial charge in [-0.25, -0.2) is 0 Å². The number of rotatable bonds is 4. The van der Waals surface area contributed by atoms with E-state index in [0.29, 0.717) is 13.2 Å². The van der Waals surface area contributed by atoms with Crippen LogP contribution in [0.2, 0.25) is 0 Å². The average molecular weight is 167 g/mol. The molecule has 0 atom stereocenters. The van der Waals surface area contributed by atoms with Gasteiger partial charge in [0.15, 0.2) is 0 Å². The van der Waals surface area contributed by atoms with Gasteiger partial charge < -0.3 is 14.9 Å². The van der Waals surface area contributed by atoms with Crippen LogP contribution in [0.1, 0.15) is 11.5 Å². The molecular formula is C9H13NO2. The lowest BCUT2D eigenvalue weighted by Crippen LogP contribution is -1.91. The molecule has 0 aliphatic rings. The van der Waals surface area contributed by atoms with Crippen LogP contribution < -0.4 is 5.73 Å². The van der Waals surface area contributed by atoms with Gasteiger partial charge in [-0.05, 0) is 18.2 Å². The number of furan rings is 1. The van der Waals surface area contributed by atoms with Gasteiger partial charge in [0.1, 0.15) is 18.1 Å². The van der Waals surface area contributed by atoms with Crippen LogP contribution in [0.5, 0.6) is 0 Å². The Hall–Kier alpha value is -1.06. The number of ether oxygens (including phenoxy) is 1. The summed E-state index contributed by atoms with van der Waals surface area (Å²) in [7, 11) is 1.64. The van der Waals surface area contributed by atoms with Gasteiger partial charge in [-0.1, -0.05) is 6.08 Å². The third-order valence-electron chi connectivity index (χ3n) is 1.39. The Morgan fingerprint density at radius 3 is 3.08 bits per heavy atom. The van der Waals surface area contributed by atoms with Crippen LogP contribution in [0.4, 0.5) is 0 Å². The van der Waals surface area contributed by atoms with Crippen LogP contribution in [0.15, 0.2) is 22.6 Å². The first-order chi connectivity index (χ1) is 5.86. The summed E-state index contributed by atoms with van der Waals surface area (Å²) in [5, 5.41) is 0. The molecule has 2 N–H and O–H groups in total. The van der Waals surface area contributed by atoms with E-state index in [-0.39, 0.29) is 0 Å². The lowest BCUT2D eigenvalue weighted by molar-refractivity contribution is 0.164. The van der Waals surface area contributed by atoms with Gasteiger partial charge >= 0.3 is 0 Å². The van der Waals surface area contributed by atoms with Gasteiger partial charge in [0.2, 0.25) is 0 Å². The van der Waals surface area contributed by atoms with Crippen LogP contribution >= 0.6 is 0 Å². The lowest BCUT2D eigenvalue weighted by Gasteiger charge is -1.91. The maximum Gasteiger partial charge on any atom is 0.130 e. The summed E-state index contributed by atoms with van der Waals surface area (Å²) in [5.74, 6) is 1.64. The van der Waals surface area contributed by atoms with Crippen molar-refractivity contribution in [3.8, 4) is 0 Å². The summed E-state index contributed by atoms with van der Waals surface area (Å²) < 4.78 is 10.3. The number of nitrogens with two attached hydrogens (primary N) is 1. The molecule has 0 spiro atoms. The Bertz CT molecular complexity index is 253. The standard InChI is InChI=1S/C9H13NO2/c1-11-7-9-5-4-8(12-9)3-2-6-10/h2-5H,6-7,10H2,1H3/b3-2+. The van der Waals surface area contributed by atoms with Crippen molar-refractivity contribution in [2.45, 2.75) is 6.61 Å². The van der Waals surface area contributed by atoms with E-state index in [9.17, 15) is 0 Å². The van der Waals surface area contributed by atoms with E-state index in [2.05, 4.69) is 0 Å². The molecule has 12 heavy (non-hydrogen) atoms. The molecule has 0 radical (unpaired) electrons. The van der Waals surface area contributed by atoms with Gasteiger partial charge in [-0.3, -0.25) is 0 Å². The topological polar surface area (TPSA) is 48.4 Å². The molecular weight excluding hydrogens is 154 g/mol. The Labute approximate surface area is 71.8 Å². The first-order valence-corrected chi connectivity index (χ1v) is 3.81. The summed E-state index contributed by atoms with van der Waals surface area (Å²) in [6.45, 7) is 1.04. The molecule has 0 bridgehead atoms. The Balaban J connectivity index is 2.57. The fourth-order valence-corrected chi connectivity index (χ4v) is 0.888. The van der Waals surface area contributed by atoms with Gasteiger partial charge in [0, 0.05) is 13.7 Å². The molecule has 1 heterocycles. The number of hydrogen-bond acceptors (Lipinski definition) is 3. The molecule has 1 aromatic heterocycles. The molecule has 0 saturated carbocycles.